The summed E-state index contributed by atoms with van der Waals surface area (Å²) in [7, 11) is 0. The van der Waals surface area contributed by atoms with E-state index in [-0.39, 0.29) is 5.43 Å². The number of alkyl halides is 3. The molecule has 2 N–H and O–H groups in total. The van der Waals surface area contributed by atoms with Crippen molar-refractivity contribution in [3.05, 3.63) is 40.7 Å². The smallest absolute Gasteiger partial charge is 0.393 e. The number of thiocarbonyl (C=S) groups is 1. The van der Waals surface area contributed by atoms with Gasteiger partial charge in [-0.25, -0.2) is 0 Å². The van der Waals surface area contributed by atoms with Crippen molar-refractivity contribution in [3.63, 3.8) is 0 Å². The van der Waals surface area contributed by atoms with Crippen LogP contribution in [0.15, 0.2) is 35.3 Å². The summed E-state index contributed by atoms with van der Waals surface area (Å²) in [6, 6.07) is 6.29. The Bertz CT molecular complexity index is 711. The maximum absolute atomic E-state index is 12.9. The fraction of sp³-hybridized carbons (Fsp3) is 0.250. The van der Waals surface area contributed by atoms with E-state index >= 15 is 0 Å². The number of hydrogen-bond acceptors (Lipinski definition) is 3. The number of nitrogens with zero attached hydrogens (tertiary/aromatic N) is 2. The second kappa shape index (κ2) is 5.20. The van der Waals surface area contributed by atoms with E-state index in [1.807, 2.05) is 0 Å². The lowest BCUT2D eigenvalue weighted by Crippen LogP contribution is -2.38. The fourth-order valence-corrected chi connectivity index (χ4v) is 2.04. The van der Waals surface area contributed by atoms with Crippen LogP contribution in [0.5, 0.6) is 0 Å². The van der Waals surface area contributed by atoms with Gasteiger partial charge in [0.15, 0.2) is 0 Å². The van der Waals surface area contributed by atoms with E-state index in [0.717, 1.165) is 10.9 Å². The number of fused-ring (bicyclic) bond motifs is 1. The molecule has 106 valence electrons. The Labute approximate surface area is 117 Å². The Morgan fingerprint density at radius 3 is 2.65 bits per heavy atom. The summed E-state index contributed by atoms with van der Waals surface area (Å²) in [6.07, 6.45) is -3.58. The van der Waals surface area contributed by atoms with Crippen molar-refractivity contribution in [2.75, 3.05) is 0 Å². The third-order valence-corrected chi connectivity index (χ3v) is 3.14. The van der Waals surface area contributed by atoms with Crippen molar-refractivity contribution in [2.45, 2.75) is 12.7 Å². The van der Waals surface area contributed by atoms with E-state index in [1.165, 1.54) is 12.1 Å². The van der Waals surface area contributed by atoms with E-state index in [9.17, 15) is 18.0 Å². The predicted octanol–water partition coefficient (Wildman–Crippen LogP) is 1.86. The molecule has 1 unspecified atom stereocenters. The summed E-state index contributed by atoms with van der Waals surface area (Å²) in [5.41, 5.74) is 5.11. The highest BCUT2D eigenvalue weighted by Gasteiger charge is 2.42. The number of aromatic nitrogens is 2. The molecule has 4 nitrogen and oxygen atoms in total. The molecule has 20 heavy (non-hydrogen) atoms. The van der Waals surface area contributed by atoms with Crippen molar-refractivity contribution < 1.29 is 13.2 Å². The van der Waals surface area contributed by atoms with Crippen molar-refractivity contribution in [1.29, 1.82) is 0 Å². The zero-order valence-corrected chi connectivity index (χ0v) is 10.9. The zero-order valence-electron chi connectivity index (χ0n) is 10.1. The van der Waals surface area contributed by atoms with Gasteiger partial charge in [0.1, 0.15) is 5.92 Å². The van der Waals surface area contributed by atoms with Crippen molar-refractivity contribution in [3.8, 4) is 0 Å². The third kappa shape index (κ3) is 2.79. The number of para-hydroxylation sites is 1. The molecule has 0 aliphatic rings. The van der Waals surface area contributed by atoms with Crippen LogP contribution in [0.4, 0.5) is 13.2 Å². The fourth-order valence-electron chi connectivity index (χ4n) is 1.83. The highest BCUT2D eigenvalue weighted by molar-refractivity contribution is 7.80. The average molecular weight is 301 g/mol. The number of hydrogen-bond donors (Lipinski definition) is 1. The van der Waals surface area contributed by atoms with Gasteiger partial charge in [-0.2, -0.15) is 18.3 Å². The van der Waals surface area contributed by atoms with E-state index in [4.69, 9.17) is 5.73 Å². The molecule has 1 heterocycles. The molecule has 0 fully saturated rings. The molecular weight excluding hydrogens is 291 g/mol. The minimum absolute atomic E-state index is 0.298. The van der Waals surface area contributed by atoms with Crippen molar-refractivity contribution in [1.82, 2.24) is 9.78 Å². The van der Waals surface area contributed by atoms with Gasteiger partial charge in [0.25, 0.3) is 0 Å². The van der Waals surface area contributed by atoms with Gasteiger partial charge in [-0.05, 0) is 12.1 Å². The normalized spacial score (nSPS) is 13.3. The molecule has 2 rings (SSSR count). The van der Waals surface area contributed by atoms with Gasteiger partial charge in [-0.15, -0.1) is 0 Å². The highest BCUT2D eigenvalue weighted by Crippen LogP contribution is 2.28. The van der Waals surface area contributed by atoms with Gasteiger partial charge in [0.2, 0.25) is 5.43 Å². The Morgan fingerprint density at radius 2 is 2.05 bits per heavy atom. The quantitative estimate of drug-likeness (QED) is 0.879. The number of nitrogens with two attached hydrogens (primary N) is 1. The van der Waals surface area contributed by atoms with Crippen LogP contribution >= 0.6 is 12.2 Å². The van der Waals surface area contributed by atoms with Gasteiger partial charge < -0.3 is 5.73 Å². The number of halogens is 3. The maximum atomic E-state index is 12.9. The Kier molecular flexibility index (Phi) is 3.76. The average Bonchev–Trinajstić information content (AvgIpc) is 2.36. The molecule has 0 bridgehead atoms. The van der Waals surface area contributed by atoms with E-state index in [0.29, 0.717) is 10.9 Å². The van der Waals surface area contributed by atoms with Gasteiger partial charge >= 0.3 is 6.18 Å². The van der Waals surface area contributed by atoms with Crippen molar-refractivity contribution >= 4 is 28.1 Å². The van der Waals surface area contributed by atoms with Crippen LogP contribution in [-0.2, 0) is 6.54 Å². The third-order valence-electron chi connectivity index (χ3n) is 2.86. The molecular formula is C12H10F3N3OS. The second-order valence-electron chi connectivity index (χ2n) is 4.20. The molecule has 0 saturated heterocycles. The minimum Gasteiger partial charge on any atom is -0.393 e. The Balaban J connectivity index is 2.51. The first kappa shape index (κ1) is 14.4. The van der Waals surface area contributed by atoms with Crippen LogP contribution in [0.25, 0.3) is 10.9 Å². The summed E-state index contributed by atoms with van der Waals surface area (Å²) in [4.78, 5) is 10.9. The van der Waals surface area contributed by atoms with Crippen LogP contribution in [0.1, 0.15) is 0 Å². The van der Waals surface area contributed by atoms with Crippen LogP contribution in [0, 0.1) is 5.92 Å². The SMILES string of the molecule is NC(=S)C(Cn1ncc(=O)c2ccccc21)C(F)(F)F. The minimum atomic E-state index is -4.56. The van der Waals surface area contributed by atoms with Gasteiger partial charge in [-0.3, -0.25) is 9.48 Å². The second-order valence-corrected chi connectivity index (χ2v) is 4.68. The molecule has 2 aromatic rings. The standard InChI is InChI=1S/C12H10F3N3OS/c13-12(14,15)8(11(16)20)6-18-9-4-2-1-3-7(9)10(19)5-17-18/h1-5,8H,6H2,(H2,16,20). The van der Waals surface area contributed by atoms with Crippen LogP contribution in [0.3, 0.4) is 0 Å². The van der Waals surface area contributed by atoms with Crippen LogP contribution in [0.2, 0.25) is 0 Å². The van der Waals surface area contributed by atoms with Crippen molar-refractivity contribution in [2.24, 2.45) is 11.7 Å². The highest BCUT2D eigenvalue weighted by atomic mass is 32.1. The topological polar surface area (TPSA) is 60.9 Å². The first-order valence-corrected chi connectivity index (χ1v) is 6.02. The van der Waals surface area contributed by atoms with Gasteiger partial charge in [0.05, 0.1) is 23.2 Å². The van der Waals surface area contributed by atoms with Crippen LogP contribution < -0.4 is 11.2 Å². The first-order chi connectivity index (χ1) is 9.30. The molecule has 0 saturated carbocycles. The predicted molar refractivity (Wildman–Crippen MR) is 72.3 cm³/mol. The Hall–Kier alpha value is -1.96. The summed E-state index contributed by atoms with van der Waals surface area (Å²) in [5.74, 6) is -1.99. The molecule has 8 heteroatoms. The molecule has 0 aliphatic carbocycles. The molecule has 0 radical (unpaired) electrons. The molecule has 0 aliphatic heterocycles. The molecule has 1 aromatic heterocycles. The zero-order chi connectivity index (χ0) is 14.9. The summed E-state index contributed by atoms with van der Waals surface area (Å²) < 4.78 is 39.7. The molecule has 0 spiro atoms. The Morgan fingerprint density at radius 1 is 1.40 bits per heavy atom. The van der Waals surface area contributed by atoms with E-state index in [2.05, 4.69) is 17.3 Å². The first-order valence-electron chi connectivity index (χ1n) is 5.61. The summed E-state index contributed by atoms with van der Waals surface area (Å²) in [5, 5.41) is 4.03. The van der Waals surface area contributed by atoms with Crippen LogP contribution in [-0.4, -0.2) is 20.9 Å². The van der Waals surface area contributed by atoms with Gasteiger partial charge in [-0.1, -0.05) is 24.4 Å². The lowest BCUT2D eigenvalue weighted by molar-refractivity contribution is -0.158. The molecule has 0 amide bonds. The number of rotatable bonds is 3. The van der Waals surface area contributed by atoms with E-state index < -0.39 is 23.6 Å². The maximum Gasteiger partial charge on any atom is 0.399 e. The lowest BCUT2D eigenvalue weighted by atomic mass is 10.1. The molecule has 1 aromatic carbocycles. The largest absolute Gasteiger partial charge is 0.399 e. The lowest BCUT2D eigenvalue weighted by Gasteiger charge is -2.20. The molecule has 1 atom stereocenters. The summed E-state index contributed by atoms with van der Waals surface area (Å²) in [6.45, 7) is -0.556. The summed E-state index contributed by atoms with van der Waals surface area (Å²) >= 11 is 4.47. The van der Waals surface area contributed by atoms with E-state index in [1.54, 1.807) is 12.1 Å². The van der Waals surface area contributed by atoms with Gasteiger partial charge in [0, 0.05) is 5.39 Å². The monoisotopic (exact) mass is 301 g/mol. The number of benzene rings is 1.